The van der Waals surface area contributed by atoms with E-state index in [0.717, 1.165) is 38.5 Å². The van der Waals surface area contributed by atoms with Gasteiger partial charge in [0, 0.05) is 12.6 Å². The van der Waals surface area contributed by atoms with Gasteiger partial charge in [0.15, 0.2) is 0 Å². The molecule has 0 bridgehead atoms. The van der Waals surface area contributed by atoms with Gasteiger partial charge in [-0.1, -0.05) is 30.3 Å². The average molecular weight is 272 g/mol. The zero-order valence-corrected chi connectivity index (χ0v) is 12.8. The number of allylic oxidation sites excluding steroid dienone is 1. The van der Waals surface area contributed by atoms with Crippen molar-refractivity contribution in [2.75, 3.05) is 20.1 Å². The Balaban J connectivity index is 1.68. The summed E-state index contributed by atoms with van der Waals surface area (Å²) in [6, 6.07) is 9.93. The van der Waals surface area contributed by atoms with E-state index in [0.29, 0.717) is 0 Å². The van der Waals surface area contributed by atoms with Crippen LogP contribution in [0.5, 0.6) is 0 Å². The Hall–Kier alpha value is -1.12. The van der Waals surface area contributed by atoms with Gasteiger partial charge >= 0.3 is 0 Å². The van der Waals surface area contributed by atoms with Gasteiger partial charge in [-0.15, -0.1) is 6.58 Å². The van der Waals surface area contributed by atoms with E-state index in [1.165, 1.54) is 30.4 Å². The molecule has 1 aliphatic rings. The molecule has 1 aromatic carbocycles. The van der Waals surface area contributed by atoms with Crippen molar-refractivity contribution < 1.29 is 0 Å². The molecule has 110 valence electrons. The molecule has 2 nitrogen and oxygen atoms in total. The average Bonchev–Trinajstić information content (AvgIpc) is 3.25. The fourth-order valence-electron chi connectivity index (χ4n) is 2.42. The van der Waals surface area contributed by atoms with Gasteiger partial charge in [-0.05, 0) is 63.4 Å². The fraction of sp³-hybridized carbons (Fsp3) is 0.556. The van der Waals surface area contributed by atoms with Crippen LogP contribution in [0, 0.1) is 0 Å². The Morgan fingerprint density at radius 2 is 1.95 bits per heavy atom. The summed E-state index contributed by atoms with van der Waals surface area (Å²) in [6.07, 6.45) is 8.20. The molecular weight excluding hydrogens is 244 g/mol. The van der Waals surface area contributed by atoms with Crippen LogP contribution in [0.3, 0.4) is 0 Å². The molecule has 0 heterocycles. The Labute approximate surface area is 123 Å². The first-order valence-corrected chi connectivity index (χ1v) is 7.88. The van der Waals surface area contributed by atoms with Crippen LogP contribution >= 0.6 is 0 Å². The highest BCUT2D eigenvalue weighted by Gasteiger charge is 2.19. The standard InChI is InChI=1S/C18H28N2/c1-3-4-5-14-20(2)15-17-8-6-16(7-9-17)12-13-19-18-10-11-18/h3,6-9,18-19H,1,4-5,10-15H2,2H3. The largest absolute Gasteiger partial charge is 0.314 e. The third kappa shape index (κ3) is 5.89. The molecule has 0 radical (unpaired) electrons. The second-order valence-electron chi connectivity index (χ2n) is 5.96. The molecule has 1 saturated carbocycles. The maximum Gasteiger partial charge on any atom is 0.0230 e. The number of benzene rings is 1. The summed E-state index contributed by atoms with van der Waals surface area (Å²) < 4.78 is 0. The number of hydrogen-bond donors (Lipinski definition) is 1. The molecule has 20 heavy (non-hydrogen) atoms. The molecule has 0 spiro atoms. The van der Waals surface area contributed by atoms with Gasteiger partial charge in [0.2, 0.25) is 0 Å². The third-order valence-corrected chi connectivity index (χ3v) is 3.85. The number of nitrogens with zero attached hydrogens (tertiary/aromatic N) is 1. The number of unbranched alkanes of at least 4 members (excludes halogenated alkanes) is 1. The fourth-order valence-corrected chi connectivity index (χ4v) is 2.42. The maximum atomic E-state index is 3.77. The molecule has 0 aromatic heterocycles. The van der Waals surface area contributed by atoms with Gasteiger partial charge in [-0.3, -0.25) is 0 Å². The van der Waals surface area contributed by atoms with E-state index in [1.807, 2.05) is 6.08 Å². The minimum atomic E-state index is 0.818. The van der Waals surface area contributed by atoms with Gasteiger partial charge in [0.25, 0.3) is 0 Å². The summed E-state index contributed by atoms with van der Waals surface area (Å²) >= 11 is 0. The Bertz CT molecular complexity index is 392. The van der Waals surface area contributed by atoms with Crippen molar-refractivity contribution in [2.45, 2.75) is 44.7 Å². The lowest BCUT2D eigenvalue weighted by Crippen LogP contribution is -2.19. The monoisotopic (exact) mass is 272 g/mol. The van der Waals surface area contributed by atoms with E-state index >= 15 is 0 Å². The van der Waals surface area contributed by atoms with Gasteiger partial charge in [-0.2, -0.15) is 0 Å². The molecule has 1 aromatic rings. The second-order valence-corrected chi connectivity index (χ2v) is 5.96. The molecule has 0 aliphatic heterocycles. The minimum absolute atomic E-state index is 0.818. The molecule has 0 amide bonds. The smallest absolute Gasteiger partial charge is 0.0230 e. The Morgan fingerprint density at radius 3 is 2.60 bits per heavy atom. The lowest BCUT2D eigenvalue weighted by Gasteiger charge is -2.16. The molecule has 0 saturated heterocycles. The van der Waals surface area contributed by atoms with Crippen LogP contribution in [0.2, 0.25) is 0 Å². The molecular formula is C18H28N2. The van der Waals surface area contributed by atoms with E-state index in [4.69, 9.17) is 0 Å². The van der Waals surface area contributed by atoms with Crippen LogP contribution in [0.25, 0.3) is 0 Å². The van der Waals surface area contributed by atoms with Crippen molar-refractivity contribution in [3.8, 4) is 0 Å². The highest BCUT2D eigenvalue weighted by molar-refractivity contribution is 5.22. The van der Waals surface area contributed by atoms with E-state index in [2.05, 4.69) is 48.1 Å². The van der Waals surface area contributed by atoms with Crippen molar-refractivity contribution in [3.63, 3.8) is 0 Å². The molecule has 0 atom stereocenters. The SMILES string of the molecule is C=CCCCN(C)Cc1ccc(CCNC2CC2)cc1. The van der Waals surface area contributed by atoms with Crippen molar-refractivity contribution in [2.24, 2.45) is 0 Å². The van der Waals surface area contributed by atoms with E-state index in [1.54, 1.807) is 0 Å². The third-order valence-electron chi connectivity index (χ3n) is 3.85. The summed E-state index contributed by atoms with van der Waals surface area (Å²) in [4.78, 5) is 2.38. The summed E-state index contributed by atoms with van der Waals surface area (Å²) in [5, 5.41) is 3.56. The zero-order chi connectivity index (χ0) is 14.2. The predicted octanol–water partition coefficient (Wildman–Crippen LogP) is 3.38. The summed E-state index contributed by atoms with van der Waals surface area (Å²) in [5.74, 6) is 0. The number of rotatable bonds is 10. The molecule has 0 unspecified atom stereocenters. The van der Waals surface area contributed by atoms with Crippen molar-refractivity contribution >= 4 is 0 Å². The van der Waals surface area contributed by atoms with Gasteiger partial charge < -0.3 is 10.2 Å². The number of hydrogen-bond acceptors (Lipinski definition) is 2. The normalized spacial score (nSPS) is 14.7. The van der Waals surface area contributed by atoms with Crippen molar-refractivity contribution in [3.05, 3.63) is 48.0 Å². The maximum absolute atomic E-state index is 3.77. The molecule has 1 N–H and O–H groups in total. The van der Waals surface area contributed by atoms with Gasteiger partial charge in [-0.25, -0.2) is 0 Å². The zero-order valence-electron chi connectivity index (χ0n) is 12.8. The molecule has 2 heteroatoms. The number of nitrogens with one attached hydrogen (secondary N) is 1. The topological polar surface area (TPSA) is 15.3 Å². The molecule has 2 rings (SSSR count). The van der Waals surface area contributed by atoms with Gasteiger partial charge in [0.1, 0.15) is 0 Å². The van der Waals surface area contributed by atoms with Crippen LogP contribution in [-0.2, 0) is 13.0 Å². The summed E-state index contributed by atoms with van der Waals surface area (Å²) in [5.41, 5.74) is 2.85. The summed E-state index contributed by atoms with van der Waals surface area (Å²) in [6.45, 7) is 7.06. The first-order valence-electron chi connectivity index (χ1n) is 7.88. The highest BCUT2D eigenvalue weighted by atomic mass is 15.1. The van der Waals surface area contributed by atoms with E-state index in [9.17, 15) is 0 Å². The van der Waals surface area contributed by atoms with E-state index in [-0.39, 0.29) is 0 Å². The minimum Gasteiger partial charge on any atom is -0.314 e. The first kappa shape index (κ1) is 15.3. The molecule has 1 aliphatic carbocycles. The van der Waals surface area contributed by atoms with Crippen molar-refractivity contribution in [1.82, 2.24) is 10.2 Å². The van der Waals surface area contributed by atoms with Crippen molar-refractivity contribution in [1.29, 1.82) is 0 Å². The molecule has 1 fully saturated rings. The van der Waals surface area contributed by atoms with Crippen LogP contribution in [0.1, 0.15) is 36.8 Å². The predicted molar refractivity (Wildman–Crippen MR) is 86.9 cm³/mol. The lowest BCUT2D eigenvalue weighted by atomic mass is 10.1. The quantitative estimate of drug-likeness (QED) is 0.519. The highest BCUT2D eigenvalue weighted by Crippen LogP contribution is 2.18. The van der Waals surface area contributed by atoms with Crippen LogP contribution in [-0.4, -0.2) is 31.1 Å². The Kier molecular flexibility index (Phi) is 6.28. The van der Waals surface area contributed by atoms with Gasteiger partial charge in [0.05, 0.1) is 0 Å². The van der Waals surface area contributed by atoms with Crippen LogP contribution in [0.15, 0.2) is 36.9 Å². The lowest BCUT2D eigenvalue weighted by molar-refractivity contribution is 0.323. The Morgan fingerprint density at radius 1 is 1.25 bits per heavy atom. The van der Waals surface area contributed by atoms with Crippen LogP contribution in [0.4, 0.5) is 0 Å². The summed E-state index contributed by atoms with van der Waals surface area (Å²) in [7, 11) is 2.19. The van der Waals surface area contributed by atoms with E-state index < -0.39 is 0 Å². The first-order chi connectivity index (χ1) is 9.78. The second kappa shape index (κ2) is 8.23. The van der Waals surface area contributed by atoms with Crippen LogP contribution < -0.4 is 5.32 Å².